The van der Waals surface area contributed by atoms with Crippen LogP contribution < -0.4 is 0 Å². The Morgan fingerprint density at radius 3 is 1.84 bits per heavy atom. The number of piperazine rings is 2. The molecule has 0 bridgehead atoms. The van der Waals surface area contributed by atoms with Crippen LogP contribution in [-0.4, -0.2) is 92.9 Å². The van der Waals surface area contributed by atoms with E-state index < -0.39 is 10.0 Å². The number of nitrogens with zero attached hydrogens (tertiary/aromatic N) is 4. The van der Waals surface area contributed by atoms with E-state index in [0.29, 0.717) is 31.1 Å². The summed E-state index contributed by atoms with van der Waals surface area (Å²) in [6, 6.07) is 6.93. The zero-order chi connectivity index (χ0) is 18.0. The van der Waals surface area contributed by atoms with Crippen LogP contribution >= 0.6 is 0 Å². The Labute approximate surface area is 149 Å². The van der Waals surface area contributed by atoms with Gasteiger partial charge in [0, 0.05) is 52.4 Å². The lowest BCUT2D eigenvalue weighted by atomic mass is 10.2. The fraction of sp³-hybridized carbons (Fsp3) is 0.588. The summed E-state index contributed by atoms with van der Waals surface area (Å²) in [6.45, 7) is 6.73. The van der Waals surface area contributed by atoms with Crippen LogP contribution in [0.4, 0.5) is 4.79 Å². The molecular weight excluding hydrogens is 340 g/mol. The number of likely N-dealkylation sites (N-methyl/N-ethyl adjacent to an activating group) is 1. The molecule has 0 aromatic heterocycles. The number of aryl methyl sites for hydroxylation is 1. The van der Waals surface area contributed by atoms with Gasteiger partial charge in [0.1, 0.15) is 0 Å². The van der Waals surface area contributed by atoms with Crippen molar-refractivity contribution < 1.29 is 13.2 Å². The van der Waals surface area contributed by atoms with Gasteiger partial charge >= 0.3 is 6.03 Å². The second-order valence-electron chi connectivity index (χ2n) is 6.78. The van der Waals surface area contributed by atoms with Gasteiger partial charge in [0.15, 0.2) is 0 Å². The van der Waals surface area contributed by atoms with E-state index in [-0.39, 0.29) is 6.03 Å². The number of benzene rings is 1. The van der Waals surface area contributed by atoms with Crippen molar-refractivity contribution in [3.8, 4) is 0 Å². The van der Waals surface area contributed by atoms with Crippen molar-refractivity contribution in [2.24, 2.45) is 0 Å². The van der Waals surface area contributed by atoms with E-state index in [1.807, 2.05) is 11.8 Å². The highest BCUT2D eigenvalue weighted by molar-refractivity contribution is 7.89. The minimum atomic E-state index is -3.48. The Hall–Kier alpha value is -1.64. The summed E-state index contributed by atoms with van der Waals surface area (Å²) in [4.78, 5) is 18.7. The molecule has 2 amide bonds. The molecule has 138 valence electrons. The first-order chi connectivity index (χ1) is 11.9. The molecule has 2 fully saturated rings. The third-order valence-corrected chi connectivity index (χ3v) is 6.85. The van der Waals surface area contributed by atoms with Crippen LogP contribution in [0.3, 0.4) is 0 Å². The first-order valence-electron chi connectivity index (χ1n) is 8.67. The number of hydrogen-bond acceptors (Lipinski definition) is 4. The topological polar surface area (TPSA) is 64.2 Å². The number of hydrogen-bond donors (Lipinski definition) is 0. The number of carbonyl (C=O) groups is 1. The fourth-order valence-electron chi connectivity index (χ4n) is 3.18. The van der Waals surface area contributed by atoms with Crippen molar-refractivity contribution in [2.45, 2.75) is 11.8 Å². The summed E-state index contributed by atoms with van der Waals surface area (Å²) < 4.78 is 26.9. The van der Waals surface area contributed by atoms with E-state index >= 15 is 0 Å². The SMILES string of the molecule is Cc1ccc(S(=O)(=O)N2CCN(C(=O)N3CCN(C)CC3)CC2)cc1. The average Bonchev–Trinajstić information content (AvgIpc) is 2.62. The summed E-state index contributed by atoms with van der Waals surface area (Å²) in [5, 5.41) is 0. The van der Waals surface area contributed by atoms with E-state index in [2.05, 4.69) is 11.9 Å². The molecule has 0 unspecified atom stereocenters. The summed E-state index contributed by atoms with van der Waals surface area (Å²) in [6.07, 6.45) is 0. The van der Waals surface area contributed by atoms with Gasteiger partial charge in [-0.3, -0.25) is 0 Å². The van der Waals surface area contributed by atoms with Crippen molar-refractivity contribution in [3.63, 3.8) is 0 Å². The third kappa shape index (κ3) is 3.96. The van der Waals surface area contributed by atoms with Crippen molar-refractivity contribution in [1.29, 1.82) is 0 Å². The van der Waals surface area contributed by atoms with Crippen LogP contribution in [0, 0.1) is 6.92 Å². The molecule has 0 spiro atoms. The van der Waals surface area contributed by atoms with Gasteiger partial charge in [0.05, 0.1) is 4.90 Å². The Balaban J connectivity index is 1.59. The lowest BCUT2D eigenvalue weighted by molar-refractivity contribution is 0.110. The first-order valence-corrected chi connectivity index (χ1v) is 10.1. The van der Waals surface area contributed by atoms with Gasteiger partial charge in [-0.1, -0.05) is 17.7 Å². The Kier molecular flexibility index (Phi) is 5.31. The summed E-state index contributed by atoms with van der Waals surface area (Å²) in [5.74, 6) is 0. The van der Waals surface area contributed by atoms with Crippen molar-refractivity contribution in [3.05, 3.63) is 29.8 Å². The van der Waals surface area contributed by atoms with Crippen LogP contribution in [0.25, 0.3) is 0 Å². The van der Waals surface area contributed by atoms with Crippen molar-refractivity contribution >= 4 is 16.1 Å². The van der Waals surface area contributed by atoms with Crippen LogP contribution in [0.1, 0.15) is 5.56 Å². The fourth-order valence-corrected chi connectivity index (χ4v) is 4.60. The second-order valence-corrected chi connectivity index (χ2v) is 8.72. The molecule has 25 heavy (non-hydrogen) atoms. The van der Waals surface area contributed by atoms with Gasteiger partial charge < -0.3 is 14.7 Å². The molecule has 8 heteroatoms. The molecule has 0 saturated carbocycles. The summed E-state index contributed by atoms with van der Waals surface area (Å²) >= 11 is 0. The first kappa shape index (κ1) is 18.2. The molecule has 2 aliphatic rings. The lowest BCUT2D eigenvalue weighted by Gasteiger charge is -2.39. The Morgan fingerprint density at radius 2 is 1.32 bits per heavy atom. The molecule has 0 atom stereocenters. The number of urea groups is 1. The van der Waals surface area contributed by atoms with Gasteiger partial charge in [-0.05, 0) is 26.1 Å². The molecule has 1 aromatic carbocycles. The smallest absolute Gasteiger partial charge is 0.320 e. The van der Waals surface area contributed by atoms with Crippen LogP contribution in [0.5, 0.6) is 0 Å². The quantitative estimate of drug-likeness (QED) is 0.772. The maximum atomic E-state index is 12.7. The molecular formula is C17H26N4O3S. The van der Waals surface area contributed by atoms with E-state index in [1.54, 1.807) is 29.2 Å². The maximum absolute atomic E-state index is 12.7. The number of carbonyl (C=O) groups excluding carboxylic acids is 1. The van der Waals surface area contributed by atoms with Gasteiger partial charge in [-0.15, -0.1) is 0 Å². The highest BCUT2D eigenvalue weighted by atomic mass is 32.2. The van der Waals surface area contributed by atoms with Gasteiger partial charge in [0.2, 0.25) is 10.0 Å². The molecule has 2 heterocycles. The molecule has 0 N–H and O–H groups in total. The van der Waals surface area contributed by atoms with E-state index in [9.17, 15) is 13.2 Å². The average molecular weight is 366 g/mol. The second kappa shape index (κ2) is 7.31. The van der Waals surface area contributed by atoms with Gasteiger partial charge in [-0.25, -0.2) is 13.2 Å². The maximum Gasteiger partial charge on any atom is 0.320 e. The minimum absolute atomic E-state index is 0.0282. The highest BCUT2D eigenvalue weighted by Crippen LogP contribution is 2.19. The molecule has 2 aliphatic heterocycles. The van der Waals surface area contributed by atoms with Gasteiger partial charge in [0.25, 0.3) is 0 Å². The van der Waals surface area contributed by atoms with Crippen molar-refractivity contribution in [2.75, 3.05) is 59.4 Å². The monoisotopic (exact) mass is 366 g/mol. The van der Waals surface area contributed by atoms with Crippen molar-refractivity contribution in [1.82, 2.24) is 19.0 Å². The predicted octanol–water partition coefficient (Wildman–Crippen LogP) is 0.669. The molecule has 1 aromatic rings. The minimum Gasteiger partial charge on any atom is -0.322 e. The zero-order valence-electron chi connectivity index (χ0n) is 14.9. The van der Waals surface area contributed by atoms with Crippen LogP contribution in [0.2, 0.25) is 0 Å². The molecule has 3 rings (SSSR count). The summed E-state index contributed by atoms with van der Waals surface area (Å²) in [5.41, 5.74) is 1.03. The summed E-state index contributed by atoms with van der Waals surface area (Å²) in [7, 11) is -1.43. The van der Waals surface area contributed by atoms with Gasteiger partial charge in [-0.2, -0.15) is 4.31 Å². The zero-order valence-corrected chi connectivity index (χ0v) is 15.7. The number of amides is 2. The van der Waals surface area contributed by atoms with Crippen LogP contribution in [-0.2, 0) is 10.0 Å². The van der Waals surface area contributed by atoms with E-state index in [0.717, 1.165) is 31.7 Å². The third-order valence-electron chi connectivity index (χ3n) is 4.94. The molecule has 0 radical (unpaired) electrons. The van der Waals surface area contributed by atoms with E-state index in [4.69, 9.17) is 0 Å². The largest absolute Gasteiger partial charge is 0.322 e. The normalized spacial score (nSPS) is 20.7. The lowest BCUT2D eigenvalue weighted by Crippen LogP contribution is -2.57. The Bertz CT molecular complexity index is 704. The predicted molar refractivity (Wildman–Crippen MR) is 96.0 cm³/mol. The van der Waals surface area contributed by atoms with E-state index in [1.165, 1.54) is 4.31 Å². The van der Waals surface area contributed by atoms with Crippen LogP contribution in [0.15, 0.2) is 29.2 Å². The standard InChI is InChI=1S/C17H26N4O3S/c1-15-3-5-16(6-4-15)25(23,24)21-13-11-20(12-14-21)17(22)19-9-7-18(2)8-10-19/h3-6H,7-14H2,1-2H3. The Morgan fingerprint density at radius 1 is 0.840 bits per heavy atom. The molecule has 7 nitrogen and oxygen atoms in total. The molecule has 0 aliphatic carbocycles. The highest BCUT2D eigenvalue weighted by Gasteiger charge is 2.32. The number of rotatable bonds is 2. The number of sulfonamides is 1. The molecule has 2 saturated heterocycles.